The van der Waals surface area contributed by atoms with E-state index in [9.17, 15) is 0 Å². The van der Waals surface area contributed by atoms with E-state index in [2.05, 4.69) is 71.6 Å². The molecule has 0 fully saturated rings. The average Bonchev–Trinajstić information content (AvgIpc) is 3.24. The van der Waals surface area contributed by atoms with Crippen molar-refractivity contribution >= 4 is 16.5 Å². The van der Waals surface area contributed by atoms with E-state index in [0.717, 1.165) is 54.1 Å². The molecule has 2 heterocycles. The Bertz CT molecular complexity index is 1180. The van der Waals surface area contributed by atoms with Gasteiger partial charge in [0.05, 0.1) is 7.11 Å². The van der Waals surface area contributed by atoms with E-state index in [1.165, 1.54) is 16.7 Å². The van der Waals surface area contributed by atoms with Crippen LogP contribution in [-0.4, -0.2) is 25.1 Å². The quantitative estimate of drug-likeness (QED) is 0.391. The Morgan fingerprint density at radius 3 is 2.30 bits per heavy atom. The number of ether oxygens (including phenoxy) is 1. The van der Waals surface area contributed by atoms with E-state index in [4.69, 9.17) is 9.15 Å². The van der Waals surface area contributed by atoms with Gasteiger partial charge in [0.15, 0.2) is 11.3 Å². The Morgan fingerprint density at radius 2 is 1.63 bits per heavy atom. The second kappa shape index (κ2) is 8.21. The van der Waals surface area contributed by atoms with Crippen molar-refractivity contribution in [2.45, 2.75) is 13.0 Å². The maximum Gasteiger partial charge on any atom is 0.176 e. The van der Waals surface area contributed by atoms with E-state index < -0.39 is 0 Å². The summed E-state index contributed by atoms with van der Waals surface area (Å²) >= 11 is 0. The minimum atomic E-state index is 0.794. The lowest BCUT2D eigenvalue weighted by molar-refractivity contribution is 0.293. The number of hydrogen-bond donors (Lipinski definition) is 0. The van der Waals surface area contributed by atoms with Gasteiger partial charge >= 0.3 is 0 Å². The highest BCUT2D eigenvalue weighted by Gasteiger charge is 2.16. The smallest absolute Gasteiger partial charge is 0.176 e. The van der Waals surface area contributed by atoms with Gasteiger partial charge in [-0.1, -0.05) is 66.7 Å². The van der Waals surface area contributed by atoms with E-state index in [0.29, 0.717) is 0 Å². The van der Waals surface area contributed by atoms with Crippen molar-refractivity contribution < 1.29 is 9.15 Å². The van der Waals surface area contributed by atoms with Gasteiger partial charge in [0.1, 0.15) is 5.76 Å². The van der Waals surface area contributed by atoms with Crippen molar-refractivity contribution in [2.24, 2.45) is 0 Å². The summed E-state index contributed by atoms with van der Waals surface area (Å²) in [6.45, 7) is 2.92. The highest BCUT2D eigenvalue weighted by Crippen LogP contribution is 2.35. The Morgan fingerprint density at radius 1 is 0.900 bits per heavy atom. The predicted molar refractivity (Wildman–Crippen MR) is 123 cm³/mol. The molecule has 0 spiro atoms. The van der Waals surface area contributed by atoms with Crippen molar-refractivity contribution in [3.8, 4) is 17.1 Å². The molecule has 1 aliphatic rings. The summed E-state index contributed by atoms with van der Waals surface area (Å²) < 4.78 is 11.8. The SMILES string of the molecule is COc1cc(CN2CC=C(c3ccccc3)CC2)cc2cc(-c3ccccc3)oc12. The zero-order valence-corrected chi connectivity index (χ0v) is 17.2. The monoisotopic (exact) mass is 395 g/mol. The van der Waals surface area contributed by atoms with Gasteiger partial charge in [0.2, 0.25) is 0 Å². The molecule has 0 aliphatic carbocycles. The number of nitrogens with zero attached hydrogens (tertiary/aromatic N) is 1. The van der Waals surface area contributed by atoms with E-state index in [-0.39, 0.29) is 0 Å². The maximum atomic E-state index is 6.14. The van der Waals surface area contributed by atoms with Gasteiger partial charge in [0.25, 0.3) is 0 Å². The lowest BCUT2D eigenvalue weighted by Crippen LogP contribution is -2.28. The van der Waals surface area contributed by atoms with Crippen LogP contribution in [0.15, 0.2) is 89.4 Å². The summed E-state index contributed by atoms with van der Waals surface area (Å²) in [5.41, 5.74) is 5.92. The normalized spacial score (nSPS) is 14.6. The second-order valence-corrected chi connectivity index (χ2v) is 7.77. The highest BCUT2D eigenvalue weighted by molar-refractivity contribution is 5.88. The largest absolute Gasteiger partial charge is 0.493 e. The van der Waals surface area contributed by atoms with Crippen LogP contribution in [0.25, 0.3) is 27.9 Å². The van der Waals surface area contributed by atoms with Crippen LogP contribution in [0.4, 0.5) is 0 Å². The molecule has 0 amide bonds. The minimum absolute atomic E-state index is 0.794. The first-order valence-corrected chi connectivity index (χ1v) is 10.4. The Balaban J connectivity index is 1.38. The van der Waals surface area contributed by atoms with Crippen LogP contribution in [0.3, 0.4) is 0 Å². The van der Waals surface area contributed by atoms with Crippen LogP contribution in [0.5, 0.6) is 5.75 Å². The molecule has 3 heteroatoms. The summed E-state index contributed by atoms with van der Waals surface area (Å²) in [5.74, 6) is 1.66. The van der Waals surface area contributed by atoms with Crippen molar-refractivity contribution in [1.29, 1.82) is 0 Å². The molecule has 3 nitrogen and oxygen atoms in total. The fourth-order valence-corrected chi connectivity index (χ4v) is 4.20. The first-order valence-electron chi connectivity index (χ1n) is 10.4. The summed E-state index contributed by atoms with van der Waals surface area (Å²) in [5, 5.41) is 1.08. The standard InChI is InChI=1S/C27H25NO2/c1-29-26-17-20(16-24-18-25(30-27(24)26)23-10-6-3-7-11-23)19-28-14-12-22(13-15-28)21-8-4-2-5-9-21/h2-12,16-18H,13-15,19H2,1H3. The van der Waals surface area contributed by atoms with Crippen LogP contribution >= 0.6 is 0 Å². The van der Waals surface area contributed by atoms with Crippen LogP contribution in [0.1, 0.15) is 17.5 Å². The van der Waals surface area contributed by atoms with E-state index in [1.54, 1.807) is 7.11 Å². The molecule has 4 aromatic rings. The van der Waals surface area contributed by atoms with Gasteiger partial charge in [-0.3, -0.25) is 4.90 Å². The minimum Gasteiger partial charge on any atom is -0.493 e. The molecule has 30 heavy (non-hydrogen) atoms. The first-order chi connectivity index (χ1) is 14.8. The van der Waals surface area contributed by atoms with Gasteiger partial charge in [-0.05, 0) is 41.3 Å². The maximum absolute atomic E-state index is 6.14. The third-order valence-corrected chi connectivity index (χ3v) is 5.76. The number of fused-ring (bicyclic) bond motifs is 1. The molecular formula is C27H25NO2. The molecule has 1 aliphatic heterocycles. The van der Waals surface area contributed by atoms with Gasteiger partial charge < -0.3 is 9.15 Å². The van der Waals surface area contributed by atoms with Gasteiger partial charge in [-0.2, -0.15) is 0 Å². The number of methoxy groups -OCH3 is 1. The lowest BCUT2D eigenvalue weighted by atomic mass is 9.99. The molecular weight excluding hydrogens is 370 g/mol. The summed E-state index contributed by atoms with van der Waals surface area (Å²) in [6, 6.07) is 27.3. The van der Waals surface area contributed by atoms with Gasteiger partial charge in [-0.15, -0.1) is 0 Å². The van der Waals surface area contributed by atoms with E-state index >= 15 is 0 Å². The molecule has 5 rings (SSSR count). The Labute approximate surface area is 177 Å². The van der Waals surface area contributed by atoms with Gasteiger partial charge in [-0.25, -0.2) is 0 Å². The summed E-state index contributed by atoms with van der Waals surface area (Å²) in [6.07, 6.45) is 3.44. The van der Waals surface area contributed by atoms with Crippen LogP contribution < -0.4 is 4.74 Å². The van der Waals surface area contributed by atoms with Crippen molar-refractivity contribution in [3.05, 3.63) is 96.1 Å². The molecule has 150 valence electrons. The molecule has 0 atom stereocenters. The lowest BCUT2D eigenvalue weighted by Gasteiger charge is -2.26. The molecule has 0 N–H and O–H groups in total. The third-order valence-electron chi connectivity index (χ3n) is 5.76. The number of furan rings is 1. The van der Waals surface area contributed by atoms with Crippen molar-refractivity contribution in [2.75, 3.05) is 20.2 Å². The molecule has 0 saturated heterocycles. The zero-order valence-electron chi connectivity index (χ0n) is 17.2. The molecule has 1 aromatic heterocycles. The van der Waals surface area contributed by atoms with Crippen LogP contribution in [-0.2, 0) is 6.54 Å². The number of hydrogen-bond acceptors (Lipinski definition) is 3. The number of rotatable bonds is 5. The summed E-state index contributed by atoms with van der Waals surface area (Å²) in [7, 11) is 1.71. The summed E-state index contributed by atoms with van der Waals surface area (Å²) in [4.78, 5) is 2.48. The van der Waals surface area contributed by atoms with Gasteiger partial charge in [0, 0.05) is 30.6 Å². The molecule has 0 bridgehead atoms. The number of benzene rings is 3. The van der Waals surface area contributed by atoms with Crippen molar-refractivity contribution in [1.82, 2.24) is 4.90 Å². The topological polar surface area (TPSA) is 25.6 Å². The molecule has 0 unspecified atom stereocenters. The molecule has 0 saturated carbocycles. The van der Waals surface area contributed by atoms with Crippen molar-refractivity contribution in [3.63, 3.8) is 0 Å². The Kier molecular flexibility index (Phi) is 5.12. The van der Waals surface area contributed by atoms with E-state index in [1.807, 2.05) is 18.2 Å². The van der Waals surface area contributed by atoms with Crippen LogP contribution in [0.2, 0.25) is 0 Å². The average molecular weight is 396 g/mol. The highest BCUT2D eigenvalue weighted by atomic mass is 16.5. The predicted octanol–water partition coefficient (Wildman–Crippen LogP) is 6.40. The molecule has 0 radical (unpaired) electrons. The fourth-order valence-electron chi connectivity index (χ4n) is 4.20. The first kappa shape index (κ1) is 18.7. The zero-order chi connectivity index (χ0) is 20.3. The third kappa shape index (κ3) is 3.77. The molecule has 3 aromatic carbocycles. The second-order valence-electron chi connectivity index (χ2n) is 7.77. The van der Waals surface area contributed by atoms with Crippen LogP contribution in [0, 0.1) is 0 Å². The fraction of sp³-hybridized carbons (Fsp3) is 0.185. The Hall–Kier alpha value is -3.30.